The van der Waals surface area contributed by atoms with E-state index in [4.69, 9.17) is 9.88 Å². The zero-order valence-electron chi connectivity index (χ0n) is 16.3. The number of benzene rings is 1. The highest BCUT2D eigenvalue weighted by molar-refractivity contribution is 7.89. The fourth-order valence-electron chi connectivity index (χ4n) is 3.56. The molecule has 0 aromatic heterocycles. The molecule has 1 aromatic rings. The van der Waals surface area contributed by atoms with Crippen LogP contribution in [0.3, 0.4) is 0 Å². The highest BCUT2D eigenvalue weighted by Crippen LogP contribution is 2.40. The number of rotatable bonds is 9. The molecular weight excluding hydrogens is 364 g/mol. The molecule has 0 aliphatic heterocycles. The van der Waals surface area contributed by atoms with Crippen LogP contribution in [-0.2, 0) is 21.3 Å². The van der Waals surface area contributed by atoms with Gasteiger partial charge in [-0.2, -0.15) is 0 Å². The zero-order valence-corrected chi connectivity index (χ0v) is 17.1. The number of nitrogens with zero attached hydrogens (tertiary/aromatic N) is 1. The molecule has 1 aromatic carbocycles. The van der Waals surface area contributed by atoms with Gasteiger partial charge >= 0.3 is 0 Å². The standard InChI is InChI=1S/C19H32N4O3S/c1-3-21-18(23-15-19(11-12-26-2)9-4-5-10-19)22-14-16-7-6-8-17(13-16)27(20,24)25/h6-8,13H,3-5,9-12,14-15H2,1-2H3,(H2,20,24,25)(H2,21,22,23). The largest absolute Gasteiger partial charge is 0.385 e. The van der Waals surface area contributed by atoms with Crippen LogP contribution in [0.25, 0.3) is 0 Å². The number of nitrogens with one attached hydrogen (secondary N) is 2. The Morgan fingerprint density at radius 2 is 2.04 bits per heavy atom. The number of ether oxygens (including phenoxy) is 1. The van der Waals surface area contributed by atoms with E-state index < -0.39 is 10.0 Å². The minimum atomic E-state index is -3.70. The quantitative estimate of drug-likeness (QED) is 0.437. The van der Waals surface area contributed by atoms with Crippen LogP contribution < -0.4 is 15.8 Å². The van der Waals surface area contributed by atoms with Gasteiger partial charge in [0.05, 0.1) is 11.4 Å². The highest BCUT2D eigenvalue weighted by atomic mass is 32.2. The van der Waals surface area contributed by atoms with Crippen molar-refractivity contribution in [1.29, 1.82) is 0 Å². The van der Waals surface area contributed by atoms with Gasteiger partial charge in [-0.25, -0.2) is 18.5 Å². The molecule has 1 saturated carbocycles. The molecule has 0 spiro atoms. The first kappa shape index (κ1) is 21.7. The predicted molar refractivity (Wildman–Crippen MR) is 108 cm³/mol. The Morgan fingerprint density at radius 1 is 1.30 bits per heavy atom. The lowest BCUT2D eigenvalue weighted by Crippen LogP contribution is -2.43. The number of hydrogen-bond acceptors (Lipinski definition) is 4. The molecule has 0 bridgehead atoms. The van der Waals surface area contributed by atoms with Gasteiger partial charge in [-0.1, -0.05) is 25.0 Å². The summed E-state index contributed by atoms with van der Waals surface area (Å²) in [6.45, 7) is 4.79. The van der Waals surface area contributed by atoms with Gasteiger partial charge in [0.15, 0.2) is 5.96 Å². The van der Waals surface area contributed by atoms with E-state index >= 15 is 0 Å². The van der Waals surface area contributed by atoms with E-state index in [0.29, 0.717) is 6.54 Å². The second-order valence-corrected chi connectivity index (χ2v) is 8.75. The second kappa shape index (κ2) is 10.1. The van der Waals surface area contributed by atoms with Crippen molar-refractivity contribution in [3.63, 3.8) is 0 Å². The van der Waals surface area contributed by atoms with Crippen LogP contribution in [0.2, 0.25) is 0 Å². The molecule has 1 aliphatic rings. The summed E-state index contributed by atoms with van der Waals surface area (Å²) >= 11 is 0. The van der Waals surface area contributed by atoms with Gasteiger partial charge in [0, 0.05) is 26.8 Å². The molecule has 0 heterocycles. The van der Waals surface area contributed by atoms with Crippen molar-refractivity contribution >= 4 is 16.0 Å². The summed E-state index contributed by atoms with van der Waals surface area (Å²) in [6, 6.07) is 6.59. The Bertz CT molecular complexity index is 728. The molecule has 0 saturated heterocycles. The van der Waals surface area contributed by atoms with Crippen LogP contribution in [0.1, 0.15) is 44.6 Å². The molecule has 8 heteroatoms. The van der Waals surface area contributed by atoms with E-state index in [1.165, 1.54) is 31.7 Å². The van der Waals surface area contributed by atoms with Crippen LogP contribution in [0, 0.1) is 5.41 Å². The third-order valence-corrected chi connectivity index (χ3v) is 6.03. The molecule has 0 amide bonds. The summed E-state index contributed by atoms with van der Waals surface area (Å²) in [5.41, 5.74) is 1.06. The molecule has 4 N–H and O–H groups in total. The highest BCUT2D eigenvalue weighted by Gasteiger charge is 2.33. The van der Waals surface area contributed by atoms with Crippen molar-refractivity contribution in [2.75, 3.05) is 26.8 Å². The summed E-state index contributed by atoms with van der Waals surface area (Å²) in [6.07, 6.45) is 5.99. The smallest absolute Gasteiger partial charge is 0.238 e. The summed E-state index contributed by atoms with van der Waals surface area (Å²) in [5, 5.41) is 11.9. The third-order valence-electron chi connectivity index (χ3n) is 5.12. The normalized spacial score (nSPS) is 17.1. The lowest BCUT2D eigenvalue weighted by atomic mass is 9.83. The molecule has 0 atom stereocenters. The van der Waals surface area contributed by atoms with Crippen LogP contribution in [0.4, 0.5) is 0 Å². The molecule has 2 rings (SSSR count). The van der Waals surface area contributed by atoms with Crippen LogP contribution in [-0.4, -0.2) is 41.2 Å². The van der Waals surface area contributed by atoms with E-state index in [1.54, 1.807) is 19.2 Å². The summed E-state index contributed by atoms with van der Waals surface area (Å²) < 4.78 is 28.3. The summed E-state index contributed by atoms with van der Waals surface area (Å²) in [5.74, 6) is 0.738. The minimum Gasteiger partial charge on any atom is -0.385 e. The number of guanidine groups is 1. The van der Waals surface area contributed by atoms with Crippen molar-refractivity contribution in [2.45, 2.75) is 50.5 Å². The molecule has 7 nitrogen and oxygen atoms in total. The molecular formula is C19H32N4O3S. The van der Waals surface area contributed by atoms with E-state index in [0.717, 1.165) is 37.6 Å². The maximum atomic E-state index is 11.5. The van der Waals surface area contributed by atoms with Crippen molar-refractivity contribution in [3.05, 3.63) is 29.8 Å². The van der Waals surface area contributed by atoms with Crippen LogP contribution in [0.5, 0.6) is 0 Å². The number of methoxy groups -OCH3 is 1. The average Bonchev–Trinajstić information content (AvgIpc) is 3.11. The lowest BCUT2D eigenvalue weighted by Gasteiger charge is -2.30. The molecule has 1 aliphatic carbocycles. The Kier molecular flexibility index (Phi) is 8.07. The first-order valence-corrected chi connectivity index (χ1v) is 11.1. The fraction of sp³-hybridized carbons (Fsp3) is 0.632. The fourth-order valence-corrected chi connectivity index (χ4v) is 4.15. The lowest BCUT2D eigenvalue weighted by molar-refractivity contribution is 0.138. The van der Waals surface area contributed by atoms with Gasteiger partial charge in [0.25, 0.3) is 0 Å². The van der Waals surface area contributed by atoms with Crippen molar-refractivity contribution in [1.82, 2.24) is 10.6 Å². The number of hydrogen-bond donors (Lipinski definition) is 3. The third kappa shape index (κ3) is 6.79. The van der Waals surface area contributed by atoms with Crippen LogP contribution >= 0.6 is 0 Å². The maximum Gasteiger partial charge on any atom is 0.238 e. The maximum absolute atomic E-state index is 11.5. The first-order chi connectivity index (χ1) is 12.9. The number of nitrogens with two attached hydrogens (primary N) is 1. The molecule has 27 heavy (non-hydrogen) atoms. The van der Waals surface area contributed by atoms with E-state index in [1.807, 2.05) is 13.0 Å². The SMILES string of the molecule is CCNC(=NCc1cccc(S(N)(=O)=O)c1)NCC1(CCOC)CCCC1. The molecule has 152 valence electrons. The van der Waals surface area contributed by atoms with E-state index in [-0.39, 0.29) is 10.3 Å². The Hall–Kier alpha value is -1.64. The Balaban J connectivity index is 2.03. The topological polar surface area (TPSA) is 106 Å². The predicted octanol–water partition coefficient (Wildman–Crippen LogP) is 1.99. The van der Waals surface area contributed by atoms with Gasteiger partial charge in [0.2, 0.25) is 10.0 Å². The van der Waals surface area contributed by atoms with Crippen molar-refractivity contribution in [3.8, 4) is 0 Å². The molecule has 0 radical (unpaired) electrons. The number of sulfonamides is 1. The van der Waals surface area contributed by atoms with Gasteiger partial charge in [-0.15, -0.1) is 0 Å². The monoisotopic (exact) mass is 396 g/mol. The molecule has 0 unspecified atom stereocenters. The second-order valence-electron chi connectivity index (χ2n) is 7.19. The van der Waals surface area contributed by atoms with Crippen molar-refractivity contribution in [2.24, 2.45) is 15.5 Å². The first-order valence-electron chi connectivity index (χ1n) is 9.51. The van der Waals surface area contributed by atoms with Gasteiger partial charge < -0.3 is 15.4 Å². The number of primary sulfonamides is 1. The van der Waals surface area contributed by atoms with Gasteiger partial charge in [-0.05, 0) is 49.3 Å². The Morgan fingerprint density at radius 3 is 2.67 bits per heavy atom. The van der Waals surface area contributed by atoms with Crippen molar-refractivity contribution < 1.29 is 13.2 Å². The molecule has 1 fully saturated rings. The average molecular weight is 397 g/mol. The van der Waals surface area contributed by atoms with E-state index in [9.17, 15) is 8.42 Å². The minimum absolute atomic E-state index is 0.109. The number of aliphatic imine (C=N–C) groups is 1. The zero-order chi connectivity index (χ0) is 19.8. The van der Waals surface area contributed by atoms with Gasteiger partial charge in [0.1, 0.15) is 0 Å². The van der Waals surface area contributed by atoms with E-state index in [2.05, 4.69) is 15.6 Å². The van der Waals surface area contributed by atoms with Crippen LogP contribution in [0.15, 0.2) is 34.2 Å². The Labute approximate surface area is 162 Å². The summed E-state index contributed by atoms with van der Waals surface area (Å²) in [4.78, 5) is 4.72. The summed E-state index contributed by atoms with van der Waals surface area (Å²) in [7, 11) is -1.96. The van der Waals surface area contributed by atoms with Gasteiger partial charge in [-0.3, -0.25) is 0 Å².